The minimum atomic E-state index is -4.47. The van der Waals surface area contributed by atoms with Crippen LogP contribution in [0.4, 0.5) is 18.3 Å². The summed E-state index contributed by atoms with van der Waals surface area (Å²) in [6.45, 7) is 4.52. The Bertz CT molecular complexity index is 1160. The number of halogens is 3. The number of aromatic nitrogens is 3. The number of aryl methyl sites for hydroxylation is 1. The summed E-state index contributed by atoms with van der Waals surface area (Å²) in [5.74, 6) is 0.0772. The SMILES string of the molecule is CCOC(=O)COc1nc(C)nc2nc(N3CCC(Oc4ccccc4C(F)(F)F)CC3)sc12. The summed E-state index contributed by atoms with van der Waals surface area (Å²) in [6.07, 6.45) is -3.72. The molecule has 3 heterocycles. The summed E-state index contributed by atoms with van der Waals surface area (Å²) in [5, 5.41) is 0.699. The molecule has 0 spiro atoms. The molecule has 34 heavy (non-hydrogen) atoms. The maximum atomic E-state index is 13.2. The lowest BCUT2D eigenvalue weighted by Gasteiger charge is -2.32. The number of rotatable bonds is 7. The molecule has 182 valence electrons. The maximum Gasteiger partial charge on any atom is 0.419 e. The van der Waals surface area contributed by atoms with Gasteiger partial charge in [0.05, 0.1) is 12.2 Å². The molecule has 1 aliphatic rings. The average molecular weight is 497 g/mol. The molecule has 8 nitrogen and oxygen atoms in total. The van der Waals surface area contributed by atoms with Crippen LogP contribution in [0.5, 0.6) is 11.6 Å². The van der Waals surface area contributed by atoms with Crippen molar-refractivity contribution in [2.45, 2.75) is 39.0 Å². The molecule has 4 rings (SSSR count). The van der Waals surface area contributed by atoms with E-state index in [0.29, 0.717) is 47.2 Å². The minimum absolute atomic E-state index is 0.150. The van der Waals surface area contributed by atoms with E-state index in [1.54, 1.807) is 13.8 Å². The first kappa shape index (κ1) is 24.0. The smallest absolute Gasteiger partial charge is 0.419 e. The van der Waals surface area contributed by atoms with Gasteiger partial charge in [0, 0.05) is 25.9 Å². The third-order valence-corrected chi connectivity index (χ3v) is 6.25. The van der Waals surface area contributed by atoms with Crippen molar-refractivity contribution in [3.8, 4) is 11.6 Å². The first-order chi connectivity index (χ1) is 16.2. The van der Waals surface area contributed by atoms with E-state index in [-0.39, 0.29) is 30.9 Å². The summed E-state index contributed by atoms with van der Waals surface area (Å²) in [6, 6.07) is 5.25. The Kier molecular flexibility index (Phi) is 7.05. The van der Waals surface area contributed by atoms with Crippen LogP contribution in [0.1, 0.15) is 31.2 Å². The lowest BCUT2D eigenvalue weighted by molar-refractivity contribution is -0.145. The number of carbonyl (C=O) groups is 1. The van der Waals surface area contributed by atoms with Gasteiger partial charge in [0.2, 0.25) is 5.88 Å². The lowest BCUT2D eigenvalue weighted by atomic mass is 10.1. The highest BCUT2D eigenvalue weighted by atomic mass is 32.1. The van der Waals surface area contributed by atoms with Crippen molar-refractivity contribution in [1.29, 1.82) is 0 Å². The van der Waals surface area contributed by atoms with Gasteiger partial charge in [-0.05, 0) is 26.0 Å². The monoisotopic (exact) mass is 496 g/mol. The van der Waals surface area contributed by atoms with Gasteiger partial charge in [-0.15, -0.1) is 0 Å². The molecule has 0 radical (unpaired) electrons. The van der Waals surface area contributed by atoms with E-state index in [0.717, 1.165) is 6.07 Å². The Morgan fingerprint density at radius 1 is 1.18 bits per heavy atom. The fraction of sp³-hybridized carbons (Fsp3) is 0.455. The van der Waals surface area contributed by atoms with Crippen molar-refractivity contribution in [2.75, 3.05) is 31.2 Å². The number of benzene rings is 1. The van der Waals surface area contributed by atoms with E-state index in [9.17, 15) is 18.0 Å². The van der Waals surface area contributed by atoms with Gasteiger partial charge in [-0.3, -0.25) is 0 Å². The molecular weight excluding hydrogens is 473 g/mol. The van der Waals surface area contributed by atoms with Crippen molar-refractivity contribution in [3.05, 3.63) is 35.7 Å². The van der Waals surface area contributed by atoms with Gasteiger partial charge in [-0.2, -0.15) is 23.1 Å². The normalized spacial score (nSPS) is 14.9. The maximum absolute atomic E-state index is 13.2. The van der Waals surface area contributed by atoms with E-state index in [4.69, 9.17) is 14.2 Å². The van der Waals surface area contributed by atoms with Gasteiger partial charge in [-0.25, -0.2) is 9.78 Å². The number of carbonyl (C=O) groups excluding carboxylic acids is 1. The standard InChI is InChI=1S/C22H23F3N4O4S/c1-3-31-17(30)12-32-20-18-19(26-13(2)27-20)28-21(34-18)29-10-8-14(9-11-29)33-16-7-5-4-6-15(16)22(23,24)25/h4-7,14H,3,8-12H2,1-2H3. The fourth-order valence-corrected chi connectivity index (χ4v) is 4.60. The predicted octanol–water partition coefficient (Wildman–Crippen LogP) is 4.40. The van der Waals surface area contributed by atoms with Crippen LogP contribution in [0.15, 0.2) is 24.3 Å². The highest BCUT2D eigenvalue weighted by molar-refractivity contribution is 7.22. The van der Waals surface area contributed by atoms with Crippen molar-refractivity contribution >= 4 is 32.8 Å². The van der Waals surface area contributed by atoms with Gasteiger partial charge in [0.1, 0.15) is 22.4 Å². The largest absolute Gasteiger partial charge is 0.490 e. The van der Waals surface area contributed by atoms with Gasteiger partial charge in [0.25, 0.3) is 0 Å². The van der Waals surface area contributed by atoms with Gasteiger partial charge < -0.3 is 19.1 Å². The number of para-hydroxylation sites is 1. The zero-order chi connectivity index (χ0) is 24.3. The number of esters is 1. The number of nitrogens with zero attached hydrogens (tertiary/aromatic N) is 4. The first-order valence-corrected chi connectivity index (χ1v) is 11.6. The van der Waals surface area contributed by atoms with Crippen LogP contribution < -0.4 is 14.4 Å². The highest BCUT2D eigenvalue weighted by Crippen LogP contribution is 2.38. The van der Waals surface area contributed by atoms with E-state index in [2.05, 4.69) is 15.0 Å². The average Bonchev–Trinajstić information content (AvgIpc) is 3.22. The van der Waals surface area contributed by atoms with Gasteiger partial charge in [0.15, 0.2) is 17.4 Å². The minimum Gasteiger partial charge on any atom is -0.490 e. The highest BCUT2D eigenvalue weighted by Gasteiger charge is 2.35. The van der Waals surface area contributed by atoms with Crippen LogP contribution in [0.25, 0.3) is 10.3 Å². The Morgan fingerprint density at radius 3 is 2.62 bits per heavy atom. The first-order valence-electron chi connectivity index (χ1n) is 10.8. The molecule has 2 aromatic heterocycles. The van der Waals surface area contributed by atoms with Crippen LogP contribution in [0, 0.1) is 6.92 Å². The predicted molar refractivity (Wildman–Crippen MR) is 119 cm³/mol. The third-order valence-electron chi connectivity index (χ3n) is 5.15. The molecule has 0 N–H and O–H groups in total. The molecule has 3 aromatic rings. The van der Waals surface area contributed by atoms with Crippen molar-refractivity contribution < 1.29 is 32.2 Å². The summed E-state index contributed by atoms with van der Waals surface area (Å²) < 4.78 is 56.5. The van der Waals surface area contributed by atoms with E-state index in [1.807, 2.05) is 4.90 Å². The summed E-state index contributed by atoms with van der Waals surface area (Å²) in [7, 11) is 0. The Hall–Kier alpha value is -3.15. The Morgan fingerprint density at radius 2 is 1.91 bits per heavy atom. The zero-order valence-electron chi connectivity index (χ0n) is 18.6. The molecule has 1 aromatic carbocycles. The van der Waals surface area contributed by atoms with E-state index < -0.39 is 17.7 Å². The Labute approximate surface area is 197 Å². The van der Waals surface area contributed by atoms with Gasteiger partial charge in [-0.1, -0.05) is 23.5 Å². The number of fused-ring (bicyclic) bond motifs is 1. The second-order valence-electron chi connectivity index (χ2n) is 7.62. The summed E-state index contributed by atoms with van der Waals surface area (Å²) in [4.78, 5) is 26.9. The molecule has 0 unspecified atom stereocenters. The summed E-state index contributed by atoms with van der Waals surface area (Å²) >= 11 is 1.34. The fourth-order valence-electron chi connectivity index (χ4n) is 3.60. The molecule has 1 aliphatic heterocycles. The van der Waals surface area contributed by atoms with Gasteiger partial charge >= 0.3 is 12.1 Å². The molecule has 1 saturated heterocycles. The number of thiazole rings is 1. The third kappa shape index (κ3) is 5.49. The number of hydrogen-bond donors (Lipinski definition) is 0. The molecule has 0 saturated carbocycles. The van der Waals surface area contributed by atoms with Crippen molar-refractivity contribution in [2.24, 2.45) is 0 Å². The zero-order valence-corrected chi connectivity index (χ0v) is 19.4. The molecule has 0 atom stereocenters. The number of alkyl halides is 3. The quantitative estimate of drug-likeness (QED) is 0.445. The van der Waals surface area contributed by atoms with Crippen LogP contribution in [-0.4, -0.2) is 53.3 Å². The van der Waals surface area contributed by atoms with E-state index >= 15 is 0 Å². The van der Waals surface area contributed by atoms with Crippen LogP contribution in [-0.2, 0) is 15.7 Å². The van der Waals surface area contributed by atoms with E-state index in [1.165, 1.54) is 29.5 Å². The molecule has 0 bridgehead atoms. The van der Waals surface area contributed by atoms with Crippen LogP contribution >= 0.6 is 11.3 Å². The number of piperidine rings is 1. The van der Waals surface area contributed by atoms with Crippen LogP contribution in [0.3, 0.4) is 0 Å². The van der Waals surface area contributed by atoms with Crippen LogP contribution in [0.2, 0.25) is 0 Å². The molecular formula is C22H23F3N4O4S. The molecule has 0 aliphatic carbocycles. The topological polar surface area (TPSA) is 86.7 Å². The molecule has 0 amide bonds. The Balaban J connectivity index is 1.44. The van der Waals surface area contributed by atoms with Crippen molar-refractivity contribution in [3.63, 3.8) is 0 Å². The summed E-state index contributed by atoms with van der Waals surface area (Å²) in [5.41, 5.74) is -0.309. The molecule has 12 heteroatoms. The molecule has 1 fully saturated rings. The number of anilines is 1. The van der Waals surface area contributed by atoms with Crippen molar-refractivity contribution in [1.82, 2.24) is 15.0 Å². The lowest BCUT2D eigenvalue weighted by Crippen LogP contribution is -2.38. The number of hydrogen-bond acceptors (Lipinski definition) is 9. The second-order valence-corrected chi connectivity index (χ2v) is 8.59. The number of ether oxygens (including phenoxy) is 3. The second kappa shape index (κ2) is 10.00.